The number of benzene rings is 2. The number of anilines is 2. The number of hydrogen-bond donors (Lipinski definition) is 0. The van der Waals surface area contributed by atoms with E-state index in [9.17, 15) is 13.2 Å². The first-order valence-corrected chi connectivity index (χ1v) is 12.1. The van der Waals surface area contributed by atoms with Gasteiger partial charge in [0, 0.05) is 30.3 Å². The summed E-state index contributed by atoms with van der Waals surface area (Å²) in [5.41, 5.74) is 3.09. The summed E-state index contributed by atoms with van der Waals surface area (Å²) >= 11 is 0. The molecule has 2 aromatic rings. The molecule has 3 aliphatic rings. The number of fused-ring (bicyclic) bond motifs is 4. The molecule has 1 amide bonds. The third-order valence-electron chi connectivity index (χ3n) is 6.34. The number of amidine groups is 1. The van der Waals surface area contributed by atoms with Gasteiger partial charge in [-0.1, -0.05) is 24.6 Å². The average molecular weight is 424 g/mol. The first-order valence-electron chi connectivity index (χ1n) is 10.6. The molecule has 2 aromatic carbocycles. The van der Waals surface area contributed by atoms with E-state index < -0.39 is 10.0 Å². The molecule has 7 heteroatoms. The minimum absolute atomic E-state index is 0.0512. The summed E-state index contributed by atoms with van der Waals surface area (Å²) in [5, 5.41) is 0. The fraction of sp³-hybridized carbons (Fsp3) is 0.391. The summed E-state index contributed by atoms with van der Waals surface area (Å²) in [6.45, 7) is 2.79. The zero-order chi connectivity index (χ0) is 20.9. The fourth-order valence-corrected chi connectivity index (χ4v) is 6.03. The third kappa shape index (κ3) is 3.12. The number of hydrogen-bond acceptors (Lipinski definition) is 4. The molecule has 0 saturated carbocycles. The van der Waals surface area contributed by atoms with Gasteiger partial charge in [-0.15, -0.1) is 4.40 Å². The van der Waals surface area contributed by atoms with E-state index >= 15 is 0 Å². The third-order valence-corrected chi connectivity index (χ3v) is 7.67. The number of aryl methyl sites for hydroxylation is 1. The van der Waals surface area contributed by atoms with Crippen LogP contribution in [-0.4, -0.2) is 32.7 Å². The molecule has 0 radical (unpaired) electrons. The van der Waals surface area contributed by atoms with E-state index in [0.29, 0.717) is 23.5 Å². The summed E-state index contributed by atoms with van der Waals surface area (Å²) in [6, 6.07) is 13.0. The van der Waals surface area contributed by atoms with Crippen molar-refractivity contribution in [2.75, 3.05) is 16.3 Å². The van der Waals surface area contributed by atoms with Crippen molar-refractivity contribution in [3.63, 3.8) is 0 Å². The molecule has 156 valence electrons. The molecule has 5 rings (SSSR count). The molecule has 0 unspecified atom stereocenters. The van der Waals surface area contributed by atoms with Gasteiger partial charge < -0.3 is 9.80 Å². The molecule has 3 aliphatic heterocycles. The zero-order valence-electron chi connectivity index (χ0n) is 17.0. The summed E-state index contributed by atoms with van der Waals surface area (Å²) in [4.78, 5) is 17.4. The Labute approximate surface area is 177 Å². The van der Waals surface area contributed by atoms with E-state index in [2.05, 4.69) is 4.40 Å². The first-order chi connectivity index (χ1) is 14.5. The van der Waals surface area contributed by atoms with Crippen molar-refractivity contribution in [3.05, 3.63) is 53.6 Å². The summed E-state index contributed by atoms with van der Waals surface area (Å²) in [5.74, 6) is 0.455. The topological polar surface area (TPSA) is 70.0 Å². The van der Waals surface area contributed by atoms with Crippen molar-refractivity contribution >= 4 is 33.1 Å². The number of rotatable bonds is 1. The molecule has 0 N–H and O–H groups in total. The van der Waals surface area contributed by atoms with Gasteiger partial charge >= 0.3 is 0 Å². The normalized spacial score (nSPS) is 22.3. The van der Waals surface area contributed by atoms with E-state index in [-0.39, 0.29) is 16.8 Å². The highest BCUT2D eigenvalue weighted by atomic mass is 32.2. The van der Waals surface area contributed by atoms with Crippen LogP contribution in [-0.2, 0) is 16.4 Å². The van der Waals surface area contributed by atoms with Crippen LogP contribution in [0.25, 0.3) is 0 Å². The number of carbonyl (C=O) groups excluding carboxylic acids is 1. The van der Waals surface area contributed by atoms with Crippen molar-refractivity contribution in [1.29, 1.82) is 0 Å². The monoisotopic (exact) mass is 423 g/mol. The quantitative estimate of drug-likeness (QED) is 0.691. The molecular weight excluding hydrogens is 398 g/mol. The lowest BCUT2D eigenvalue weighted by molar-refractivity contribution is 0.0975. The second kappa shape index (κ2) is 7.23. The number of nitrogens with zero attached hydrogens (tertiary/aromatic N) is 3. The van der Waals surface area contributed by atoms with E-state index in [1.165, 1.54) is 6.07 Å². The van der Waals surface area contributed by atoms with Crippen LogP contribution >= 0.6 is 0 Å². The average Bonchev–Trinajstić information content (AvgIpc) is 2.98. The van der Waals surface area contributed by atoms with Gasteiger partial charge in [0.15, 0.2) is 0 Å². The van der Waals surface area contributed by atoms with Gasteiger partial charge in [0.2, 0.25) is 0 Å². The Morgan fingerprint density at radius 1 is 1.03 bits per heavy atom. The molecule has 0 bridgehead atoms. The summed E-state index contributed by atoms with van der Waals surface area (Å²) < 4.78 is 29.9. The lowest BCUT2D eigenvalue weighted by atomic mass is 9.95. The highest BCUT2D eigenvalue weighted by molar-refractivity contribution is 7.90. The maximum Gasteiger partial charge on any atom is 0.286 e. The number of amides is 1. The Balaban J connectivity index is 1.57. The summed E-state index contributed by atoms with van der Waals surface area (Å²) in [7, 11) is -3.81. The number of para-hydroxylation sites is 1. The van der Waals surface area contributed by atoms with Crippen molar-refractivity contribution in [1.82, 2.24) is 0 Å². The molecule has 1 fully saturated rings. The predicted molar refractivity (Wildman–Crippen MR) is 118 cm³/mol. The van der Waals surface area contributed by atoms with Crippen molar-refractivity contribution in [2.24, 2.45) is 4.40 Å². The van der Waals surface area contributed by atoms with Gasteiger partial charge in [0.05, 0.1) is 5.69 Å². The minimum atomic E-state index is -3.81. The van der Waals surface area contributed by atoms with Crippen LogP contribution in [0.4, 0.5) is 11.4 Å². The van der Waals surface area contributed by atoms with E-state index in [1.54, 1.807) is 17.0 Å². The van der Waals surface area contributed by atoms with Crippen molar-refractivity contribution in [2.45, 2.75) is 56.4 Å². The number of carbonyl (C=O) groups is 1. The van der Waals surface area contributed by atoms with Crippen LogP contribution in [0.3, 0.4) is 0 Å². The Kier molecular flexibility index (Phi) is 4.65. The van der Waals surface area contributed by atoms with Crippen molar-refractivity contribution < 1.29 is 13.2 Å². The lowest BCUT2D eigenvalue weighted by Gasteiger charge is -2.35. The maximum absolute atomic E-state index is 13.5. The van der Waals surface area contributed by atoms with Gasteiger partial charge in [0.25, 0.3) is 15.9 Å². The van der Waals surface area contributed by atoms with Crippen LogP contribution in [0.15, 0.2) is 51.8 Å². The molecule has 0 spiro atoms. The second-order valence-electron chi connectivity index (χ2n) is 8.32. The molecule has 30 heavy (non-hydrogen) atoms. The van der Waals surface area contributed by atoms with E-state index in [0.717, 1.165) is 49.9 Å². The highest BCUT2D eigenvalue weighted by Gasteiger charge is 2.34. The van der Waals surface area contributed by atoms with E-state index in [4.69, 9.17) is 0 Å². The standard InChI is InChI=1S/C23H25N3O3S/c1-16-10-11-17-7-4-5-8-19(17)26(16)23(27)18-12-13-20-21(15-18)30(28,29)24-22-9-3-2-6-14-25(20)22/h4-5,7-8,12-13,15-16H,2-3,6,9-11,14H2,1H3/t16-/m1/s1. The Morgan fingerprint density at radius 3 is 2.73 bits per heavy atom. The number of sulfonamides is 1. The largest absolute Gasteiger partial charge is 0.328 e. The molecule has 1 atom stereocenters. The molecule has 1 saturated heterocycles. The van der Waals surface area contributed by atoms with Crippen LogP contribution < -0.4 is 9.80 Å². The Morgan fingerprint density at radius 2 is 1.87 bits per heavy atom. The van der Waals surface area contributed by atoms with Gasteiger partial charge in [-0.2, -0.15) is 8.42 Å². The zero-order valence-corrected chi connectivity index (χ0v) is 17.9. The predicted octanol–water partition coefficient (Wildman–Crippen LogP) is 4.15. The Hall–Kier alpha value is -2.67. The SMILES string of the molecule is C[C@@H]1CCc2ccccc2N1C(=O)c1ccc2c(c1)S(=O)(=O)N=C1CCCCCN12. The Bertz CT molecular complexity index is 1160. The molecule has 0 aliphatic carbocycles. The van der Waals surface area contributed by atoms with Gasteiger partial charge in [-0.3, -0.25) is 4.79 Å². The smallest absolute Gasteiger partial charge is 0.286 e. The molecular formula is C23H25N3O3S. The van der Waals surface area contributed by atoms with E-state index in [1.807, 2.05) is 36.1 Å². The lowest BCUT2D eigenvalue weighted by Crippen LogP contribution is -2.42. The fourth-order valence-electron chi connectivity index (χ4n) is 4.75. The molecule has 6 nitrogen and oxygen atoms in total. The maximum atomic E-state index is 13.5. The van der Waals surface area contributed by atoms with Gasteiger partial charge in [0.1, 0.15) is 10.7 Å². The second-order valence-corrected chi connectivity index (χ2v) is 9.89. The van der Waals surface area contributed by atoms with Crippen LogP contribution in [0.1, 0.15) is 54.9 Å². The van der Waals surface area contributed by atoms with Crippen molar-refractivity contribution in [3.8, 4) is 0 Å². The van der Waals surface area contributed by atoms with Crippen LogP contribution in [0.5, 0.6) is 0 Å². The molecule has 3 heterocycles. The highest BCUT2D eigenvalue weighted by Crippen LogP contribution is 2.37. The summed E-state index contributed by atoms with van der Waals surface area (Å²) in [6.07, 6.45) is 5.50. The first kappa shape index (κ1) is 19.3. The van der Waals surface area contributed by atoms with Gasteiger partial charge in [-0.25, -0.2) is 0 Å². The van der Waals surface area contributed by atoms with Gasteiger partial charge in [-0.05, 0) is 62.4 Å². The van der Waals surface area contributed by atoms with Crippen LogP contribution in [0.2, 0.25) is 0 Å². The molecule has 0 aromatic heterocycles. The van der Waals surface area contributed by atoms with Crippen LogP contribution in [0, 0.1) is 0 Å². The minimum Gasteiger partial charge on any atom is -0.328 e.